The van der Waals surface area contributed by atoms with Gasteiger partial charge in [0.15, 0.2) is 0 Å². The topological polar surface area (TPSA) is 29.3 Å². The molecule has 1 fully saturated rings. The summed E-state index contributed by atoms with van der Waals surface area (Å²) in [5.74, 6) is 1.23. The summed E-state index contributed by atoms with van der Waals surface area (Å²) in [5.41, 5.74) is 8.50. The Kier molecular flexibility index (Phi) is 5.00. The van der Waals surface area contributed by atoms with Crippen molar-refractivity contribution in [3.8, 4) is 0 Å². The first-order chi connectivity index (χ1) is 9.11. The number of nitrogens with zero attached hydrogens (tertiary/aromatic N) is 1. The van der Waals surface area contributed by atoms with Crippen LogP contribution in [0.3, 0.4) is 0 Å². The third kappa shape index (κ3) is 3.58. The van der Waals surface area contributed by atoms with Gasteiger partial charge in [0, 0.05) is 12.6 Å². The van der Waals surface area contributed by atoms with Crippen molar-refractivity contribution < 1.29 is 0 Å². The molecule has 0 bridgehead atoms. The number of benzene rings is 1. The minimum absolute atomic E-state index is 0.462. The van der Waals surface area contributed by atoms with E-state index in [2.05, 4.69) is 49.9 Å². The van der Waals surface area contributed by atoms with Crippen molar-refractivity contribution in [1.82, 2.24) is 4.90 Å². The first-order valence-corrected chi connectivity index (χ1v) is 7.64. The second-order valence-electron chi connectivity index (χ2n) is 6.30. The number of hydrogen-bond acceptors (Lipinski definition) is 2. The number of rotatable bonds is 5. The number of likely N-dealkylation sites (tertiary alicyclic amines) is 1. The summed E-state index contributed by atoms with van der Waals surface area (Å²) in [6, 6.07) is 9.80. The summed E-state index contributed by atoms with van der Waals surface area (Å²) in [7, 11) is 0. The maximum Gasteiger partial charge on any atom is 0.0236 e. The maximum absolute atomic E-state index is 5.72. The SMILES string of the molecule is CC(CN)c1ccc(CN2CCCC2C(C)C)cc1. The van der Waals surface area contributed by atoms with Crippen molar-refractivity contribution in [2.45, 2.75) is 52.1 Å². The fraction of sp³-hybridized carbons (Fsp3) is 0.647. The van der Waals surface area contributed by atoms with E-state index < -0.39 is 0 Å². The molecule has 2 heteroatoms. The van der Waals surface area contributed by atoms with Gasteiger partial charge in [-0.2, -0.15) is 0 Å². The van der Waals surface area contributed by atoms with Crippen LogP contribution in [0, 0.1) is 5.92 Å². The van der Waals surface area contributed by atoms with E-state index in [0.29, 0.717) is 5.92 Å². The van der Waals surface area contributed by atoms with E-state index in [9.17, 15) is 0 Å². The molecule has 1 heterocycles. The van der Waals surface area contributed by atoms with E-state index in [-0.39, 0.29) is 0 Å². The lowest BCUT2D eigenvalue weighted by Crippen LogP contribution is -2.32. The van der Waals surface area contributed by atoms with Crippen molar-refractivity contribution in [3.05, 3.63) is 35.4 Å². The van der Waals surface area contributed by atoms with Gasteiger partial charge in [-0.25, -0.2) is 0 Å². The predicted molar refractivity (Wildman–Crippen MR) is 82.2 cm³/mol. The monoisotopic (exact) mass is 260 g/mol. The number of nitrogens with two attached hydrogens (primary N) is 1. The fourth-order valence-electron chi connectivity index (χ4n) is 3.13. The van der Waals surface area contributed by atoms with Crippen LogP contribution in [-0.2, 0) is 6.54 Å². The first kappa shape index (κ1) is 14.5. The van der Waals surface area contributed by atoms with Crippen molar-refractivity contribution in [2.75, 3.05) is 13.1 Å². The van der Waals surface area contributed by atoms with Crippen LogP contribution in [0.5, 0.6) is 0 Å². The average molecular weight is 260 g/mol. The molecule has 106 valence electrons. The fourth-order valence-corrected chi connectivity index (χ4v) is 3.13. The summed E-state index contributed by atoms with van der Waals surface area (Å²) in [5, 5.41) is 0. The minimum Gasteiger partial charge on any atom is -0.330 e. The molecule has 0 spiro atoms. The molecule has 0 aromatic heterocycles. The molecular weight excluding hydrogens is 232 g/mol. The molecule has 19 heavy (non-hydrogen) atoms. The van der Waals surface area contributed by atoms with Gasteiger partial charge in [0.2, 0.25) is 0 Å². The van der Waals surface area contributed by atoms with Crippen molar-refractivity contribution in [2.24, 2.45) is 11.7 Å². The third-order valence-corrected chi connectivity index (χ3v) is 4.47. The molecular formula is C17H28N2. The van der Waals surface area contributed by atoms with Gasteiger partial charge in [-0.1, -0.05) is 45.0 Å². The second kappa shape index (κ2) is 6.53. The zero-order valence-corrected chi connectivity index (χ0v) is 12.6. The first-order valence-electron chi connectivity index (χ1n) is 7.64. The van der Waals surface area contributed by atoms with Gasteiger partial charge in [-0.15, -0.1) is 0 Å². The van der Waals surface area contributed by atoms with Gasteiger partial charge in [0.05, 0.1) is 0 Å². The van der Waals surface area contributed by atoms with Crippen LogP contribution >= 0.6 is 0 Å². The molecule has 0 saturated carbocycles. The highest BCUT2D eigenvalue weighted by atomic mass is 15.2. The molecule has 0 aliphatic carbocycles. The Morgan fingerprint density at radius 1 is 1.21 bits per heavy atom. The van der Waals surface area contributed by atoms with Crippen molar-refractivity contribution in [3.63, 3.8) is 0 Å². The Morgan fingerprint density at radius 3 is 2.47 bits per heavy atom. The molecule has 0 radical (unpaired) electrons. The highest BCUT2D eigenvalue weighted by molar-refractivity contribution is 5.25. The Hall–Kier alpha value is -0.860. The molecule has 1 saturated heterocycles. The van der Waals surface area contributed by atoms with Gasteiger partial charge in [0.1, 0.15) is 0 Å². The van der Waals surface area contributed by atoms with E-state index in [1.165, 1.54) is 30.5 Å². The van der Waals surface area contributed by atoms with Gasteiger partial charge in [0.25, 0.3) is 0 Å². The maximum atomic E-state index is 5.72. The second-order valence-corrected chi connectivity index (χ2v) is 6.30. The third-order valence-electron chi connectivity index (χ3n) is 4.47. The average Bonchev–Trinajstić information content (AvgIpc) is 2.87. The molecule has 2 nitrogen and oxygen atoms in total. The molecule has 2 N–H and O–H groups in total. The Balaban J connectivity index is 1.99. The Bertz CT molecular complexity index is 383. The Morgan fingerprint density at radius 2 is 1.89 bits per heavy atom. The van der Waals surface area contributed by atoms with Crippen LogP contribution < -0.4 is 5.73 Å². The quantitative estimate of drug-likeness (QED) is 0.879. The van der Waals surface area contributed by atoms with E-state index in [0.717, 1.165) is 25.0 Å². The molecule has 1 aliphatic heterocycles. The smallest absolute Gasteiger partial charge is 0.0236 e. The summed E-state index contributed by atoms with van der Waals surface area (Å²) >= 11 is 0. The van der Waals surface area contributed by atoms with Gasteiger partial charge >= 0.3 is 0 Å². The summed E-state index contributed by atoms with van der Waals surface area (Å²) in [4.78, 5) is 2.64. The summed E-state index contributed by atoms with van der Waals surface area (Å²) < 4.78 is 0. The van der Waals surface area contributed by atoms with Crippen LogP contribution in [0.25, 0.3) is 0 Å². The number of hydrogen-bond donors (Lipinski definition) is 1. The largest absolute Gasteiger partial charge is 0.330 e. The zero-order chi connectivity index (χ0) is 13.8. The highest BCUT2D eigenvalue weighted by Crippen LogP contribution is 2.26. The molecule has 0 amide bonds. The van der Waals surface area contributed by atoms with Gasteiger partial charge < -0.3 is 5.73 Å². The molecule has 2 atom stereocenters. The normalized spacial score (nSPS) is 22.1. The minimum atomic E-state index is 0.462. The van der Waals surface area contributed by atoms with Crippen LogP contribution in [0.2, 0.25) is 0 Å². The summed E-state index contributed by atoms with van der Waals surface area (Å²) in [6.45, 7) is 9.94. The van der Waals surface area contributed by atoms with Crippen molar-refractivity contribution >= 4 is 0 Å². The molecule has 1 aromatic rings. The lowest BCUT2D eigenvalue weighted by molar-refractivity contribution is 0.199. The lowest BCUT2D eigenvalue weighted by Gasteiger charge is -2.27. The van der Waals surface area contributed by atoms with Crippen LogP contribution in [-0.4, -0.2) is 24.0 Å². The predicted octanol–water partition coefficient (Wildman–Crippen LogP) is 3.37. The zero-order valence-electron chi connectivity index (χ0n) is 12.6. The molecule has 2 unspecified atom stereocenters. The Labute approximate surface area is 118 Å². The van der Waals surface area contributed by atoms with Gasteiger partial charge in [-0.05, 0) is 48.9 Å². The summed E-state index contributed by atoms with van der Waals surface area (Å²) in [6.07, 6.45) is 2.71. The lowest BCUT2D eigenvalue weighted by atomic mass is 9.99. The van der Waals surface area contributed by atoms with Crippen LogP contribution in [0.4, 0.5) is 0 Å². The standard InChI is InChI=1S/C17H28N2/c1-13(2)17-5-4-10-19(17)12-15-6-8-16(9-7-15)14(3)11-18/h6-9,13-14,17H,4-5,10-12,18H2,1-3H3. The van der Waals surface area contributed by atoms with Crippen LogP contribution in [0.15, 0.2) is 24.3 Å². The van der Waals surface area contributed by atoms with E-state index >= 15 is 0 Å². The van der Waals surface area contributed by atoms with E-state index in [1.54, 1.807) is 0 Å². The van der Waals surface area contributed by atoms with E-state index in [4.69, 9.17) is 5.73 Å². The van der Waals surface area contributed by atoms with E-state index in [1.807, 2.05) is 0 Å². The van der Waals surface area contributed by atoms with Gasteiger partial charge in [-0.3, -0.25) is 4.90 Å². The van der Waals surface area contributed by atoms with Crippen molar-refractivity contribution in [1.29, 1.82) is 0 Å². The molecule has 2 rings (SSSR count). The van der Waals surface area contributed by atoms with Crippen LogP contribution in [0.1, 0.15) is 50.7 Å². The molecule has 1 aliphatic rings. The highest BCUT2D eigenvalue weighted by Gasteiger charge is 2.26. The molecule has 1 aromatic carbocycles.